The van der Waals surface area contributed by atoms with E-state index >= 15 is 0 Å². The average molecular weight is 282 g/mol. The molecule has 2 aliphatic rings. The van der Waals surface area contributed by atoms with Gasteiger partial charge in [-0.05, 0) is 57.4 Å². The molecule has 0 radical (unpaired) electrons. The Morgan fingerprint density at radius 3 is 2.30 bits per heavy atom. The Labute approximate surface area is 125 Å². The summed E-state index contributed by atoms with van der Waals surface area (Å²) in [5, 5.41) is 0. The molecule has 2 fully saturated rings. The van der Waals surface area contributed by atoms with Crippen molar-refractivity contribution in [2.75, 3.05) is 26.2 Å². The van der Waals surface area contributed by atoms with Gasteiger partial charge in [-0.25, -0.2) is 0 Å². The molecular weight excluding hydrogens is 248 g/mol. The van der Waals surface area contributed by atoms with E-state index in [4.69, 9.17) is 10.5 Å². The van der Waals surface area contributed by atoms with E-state index in [1.807, 2.05) is 0 Å². The molecule has 3 heteroatoms. The minimum absolute atomic E-state index is 0.0152. The largest absolute Gasteiger partial charge is 0.375 e. The summed E-state index contributed by atoms with van der Waals surface area (Å²) in [4.78, 5) is 2.72. The highest BCUT2D eigenvalue weighted by Crippen LogP contribution is 2.45. The first-order valence-electron chi connectivity index (χ1n) is 8.56. The van der Waals surface area contributed by atoms with Gasteiger partial charge in [-0.1, -0.05) is 20.8 Å². The zero-order valence-corrected chi connectivity index (χ0v) is 14.0. The topological polar surface area (TPSA) is 38.5 Å². The Bertz CT molecular complexity index is 329. The van der Waals surface area contributed by atoms with E-state index in [0.717, 1.165) is 32.4 Å². The van der Waals surface area contributed by atoms with Crippen molar-refractivity contribution in [3.05, 3.63) is 0 Å². The quantitative estimate of drug-likeness (QED) is 0.841. The fraction of sp³-hybridized carbons (Fsp3) is 1.00. The van der Waals surface area contributed by atoms with Gasteiger partial charge in [0.05, 0.1) is 5.60 Å². The van der Waals surface area contributed by atoms with Crippen LogP contribution in [-0.4, -0.2) is 42.3 Å². The van der Waals surface area contributed by atoms with Crippen LogP contribution in [0.3, 0.4) is 0 Å². The van der Waals surface area contributed by atoms with E-state index in [9.17, 15) is 0 Å². The van der Waals surface area contributed by atoms with E-state index in [-0.39, 0.29) is 11.1 Å². The molecule has 3 nitrogen and oxygen atoms in total. The van der Waals surface area contributed by atoms with Crippen molar-refractivity contribution in [1.29, 1.82) is 0 Å². The van der Waals surface area contributed by atoms with Crippen molar-refractivity contribution in [3.63, 3.8) is 0 Å². The highest BCUT2D eigenvalue weighted by atomic mass is 16.5. The molecular formula is C17H34N2O. The zero-order valence-electron chi connectivity index (χ0n) is 14.0. The van der Waals surface area contributed by atoms with Gasteiger partial charge in [-0.3, -0.25) is 4.90 Å². The Morgan fingerprint density at radius 1 is 1.10 bits per heavy atom. The Kier molecular flexibility index (Phi) is 4.83. The lowest BCUT2D eigenvalue weighted by Crippen LogP contribution is -2.60. The smallest absolute Gasteiger partial charge is 0.0670 e. The summed E-state index contributed by atoms with van der Waals surface area (Å²) >= 11 is 0. The molecule has 0 aromatic carbocycles. The summed E-state index contributed by atoms with van der Waals surface area (Å²) in [6.45, 7) is 13.3. The van der Waals surface area contributed by atoms with Gasteiger partial charge in [-0.2, -0.15) is 0 Å². The van der Waals surface area contributed by atoms with E-state index in [0.29, 0.717) is 5.41 Å². The average Bonchev–Trinajstić information content (AvgIpc) is 2.93. The molecule has 2 aliphatic heterocycles. The molecule has 0 aromatic heterocycles. The highest BCUT2D eigenvalue weighted by molar-refractivity contribution is 5.04. The summed E-state index contributed by atoms with van der Waals surface area (Å²) in [7, 11) is 0. The fourth-order valence-electron chi connectivity index (χ4n) is 4.29. The van der Waals surface area contributed by atoms with Crippen LogP contribution in [0.2, 0.25) is 0 Å². The summed E-state index contributed by atoms with van der Waals surface area (Å²) in [5.41, 5.74) is 6.99. The second-order valence-electron chi connectivity index (χ2n) is 7.39. The second-order valence-corrected chi connectivity index (χ2v) is 7.39. The van der Waals surface area contributed by atoms with Gasteiger partial charge in [0.15, 0.2) is 0 Å². The molecule has 0 saturated carbocycles. The number of ether oxygens (including phenoxy) is 1. The van der Waals surface area contributed by atoms with E-state index in [1.54, 1.807) is 0 Å². The molecule has 118 valence electrons. The van der Waals surface area contributed by atoms with Gasteiger partial charge >= 0.3 is 0 Å². The lowest BCUT2D eigenvalue weighted by molar-refractivity contribution is -0.127. The second kappa shape index (κ2) is 5.94. The van der Waals surface area contributed by atoms with Crippen LogP contribution >= 0.6 is 0 Å². The maximum atomic E-state index is 6.27. The SMILES string of the molecule is CCC1(CC)CCN(C2(CN)CCOC(C)(CC)C2)C1. The van der Waals surface area contributed by atoms with Crippen LogP contribution in [0.5, 0.6) is 0 Å². The molecule has 2 saturated heterocycles. The molecule has 20 heavy (non-hydrogen) atoms. The maximum absolute atomic E-state index is 6.27. The first kappa shape index (κ1) is 16.3. The van der Waals surface area contributed by atoms with Crippen molar-refractivity contribution in [3.8, 4) is 0 Å². The molecule has 2 atom stereocenters. The monoisotopic (exact) mass is 282 g/mol. The fourth-order valence-corrected chi connectivity index (χ4v) is 4.29. The molecule has 2 N–H and O–H groups in total. The van der Waals surface area contributed by atoms with Crippen LogP contribution in [0.1, 0.15) is 66.2 Å². The highest BCUT2D eigenvalue weighted by Gasteiger charge is 2.49. The van der Waals surface area contributed by atoms with Crippen molar-refractivity contribution in [2.45, 2.75) is 77.4 Å². The van der Waals surface area contributed by atoms with Crippen LogP contribution in [0, 0.1) is 5.41 Å². The first-order chi connectivity index (χ1) is 9.47. The third-order valence-corrected chi connectivity index (χ3v) is 6.46. The van der Waals surface area contributed by atoms with Crippen LogP contribution in [-0.2, 0) is 4.74 Å². The Hall–Kier alpha value is -0.120. The van der Waals surface area contributed by atoms with E-state index < -0.39 is 0 Å². The van der Waals surface area contributed by atoms with Crippen molar-refractivity contribution in [1.82, 2.24) is 4.90 Å². The minimum atomic E-state index is 0.0152. The van der Waals surface area contributed by atoms with Gasteiger partial charge in [0.2, 0.25) is 0 Å². The summed E-state index contributed by atoms with van der Waals surface area (Å²) < 4.78 is 6.05. The van der Waals surface area contributed by atoms with Crippen LogP contribution in [0.4, 0.5) is 0 Å². The van der Waals surface area contributed by atoms with Crippen molar-refractivity contribution in [2.24, 2.45) is 11.1 Å². The number of hydrogen-bond donors (Lipinski definition) is 1. The number of nitrogens with zero attached hydrogens (tertiary/aromatic N) is 1. The molecule has 0 spiro atoms. The number of hydrogen-bond acceptors (Lipinski definition) is 3. The number of rotatable bonds is 5. The molecule has 2 unspecified atom stereocenters. The van der Waals surface area contributed by atoms with Crippen molar-refractivity contribution < 1.29 is 4.74 Å². The first-order valence-corrected chi connectivity index (χ1v) is 8.56. The molecule has 2 heterocycles. The standard InChI is InChI=1S/C17H34N2O/c1-5-15(4)12-17(13-18,9-11-20-15)19-10-8-16(6-2,7-3)14-19/h5-14,18H2,1-4H3. The van der Waals surface area contributed by atoms with Crippen molar-refractivity contribution >= 4 is 0 Å². The maximum Gasteiger partial charge on any atom is 0.0670 e. The van der Waals surface area contributed by atoms with Gasteiger partial charge in [0.1, 0.15) is 0 Å². The summed E-state index contributed by atoms with van der Waals surface area (Å²) in [5.74, 6) is 0. The predicted molar refractivity (Wildman–Crippen MR) is 84.9 cm³/mol. The van der Waals surface area contributed by atoms with Crippen LogP contribution < -0.4 is 5.73 Å². The summed E-state index contributed by atoms with van der Waals surface area (Å²) in [6.07, 6.45) is 7.20. The molecule has 0 bridgehead atoms. The Morgan fingerprint density at radius 2 is 1.80 bits per heavy atom. The third kappa shape index (κ3) is 2.77. The lowest BCUT2D eigenvalue weighted by atomic mass is 9.77. The Balaban J connectivity index is 2.16. The normalized spacial score (nSPS) is 38.2. The van der Waals surface area contributed by atoms with E-state index in [2.05, 4.69) is 32.6 Å². The zero-order chi connectivity index (χ0) is 14.9. The molecule has 0 aromatic rings. The third-order valence-electron chi connectivity index (χ3n) is 6.46. The molecule has 0 aliphatic carbocycles. The number of likely N-dealkylation sites (tertiary alicyclic amines) is 1. The van der Waals surface area contributed by atoms with Crippen LogP contribution in [0.15, 0.2) is 0 Å². The minimum Gasteiger partial charge on any atom is -0.375 e. The van der Waals surface area contributed by atoms with Gasteiger partial charge in [-0.15, -0.1) is 0 Å². The lowest BCUT2D eigenvalue weighted by Gasteiger charge is -2.51. The predicted octanol–water partition coefficient (Wildman–Crippen LogP) is 3.18. The molecule has 0 amide bonds. The molecule has 2 rings (SSSR count). The number of nitrogens with two attached hydrogens (primary N) is 1. The van der Waals surface area contributed by atoms with Gasteiger partial charge < -0.3 is 10.5 Å². The summed E-state index contributed by atoms with van der Waals surface area (Å²) in [6, 6.07) is 0. The van der Waals surface area contributed by atoms with Gasteiger partial charge in [0, 0.05) is 25.2 Å². The van der Waals surface area contributed by atoms with Crippen LogP contribution in [0.25, 0.3) is 0 Å². The van der Waals surface area contributed by atoms with Gasteiger partial charge in [0.25, 0.3) is 0 Å². The van der Waals surface area contributed by atoms with E-state index in [1.165, 1.54) is 32.4 Å².